The predicted molar refractivity (Wildman–Crippen MR) is 48.6 cm³/mol. The summed E-state index contributed by atoms with van der Waals surface area (Å²) in [6.07, 6.45) is 0. The lowest BCUT2D eigenvalue weighted by Gasteiger charge is -2.04. The molecule has 66 valence electrons. The van der Waals surface area contributed by atoms with Crippen molar-refractivity contribution in [3.8, 4) is 5.75 Å². The highest BCUT2D eigenvalue weighted by molar-refractivity contribution is 5.26. The lowest BCUT2D eigenvalue weighted by Crippen LogP contribution is -2.03. The summed E-state index contributed by atoms with van der Waals surface area (Å²) in [5.74, 6) is 0.901. The molecular weight excluding hydrogens is 152 g/mol. The second-order valence-corrected chi connectivity index (χ2v) is 2.65. The van der Waals surface area contributed by atoms with Crippen molar-refractivity contribution in [1.29, 1.82) is 0 Å². The Balaban J connectivity index is 2.37. The van der Waals surface area contributed by atoms with Crippen LogP contribution in [-0.2, 0) is 4.74 Å². The molecule has 0 fully saturated rings. The maximum Gasteiger partial charge on any atom is 0.119 e. The number of methoxy groups -OCH3 is 1. The molecule has 0 radical (unpaired) electrons. The molecule has 0 aliphatic carbocycles. The van der Waals surface area contributed by atoms with Crippen molar-refractivity contribution in [3.05, 3.63) is 29.8 Å². The van der Waals surface area contributed by atoms with Gasteiger partial charge in [-0.25, -0.2) is 0 Å². The fourth-order valence-electron chi connectivity index (χ4n) is 0.877. The van der Waals surface area contributed by atoms with Crippen molar-refractivity contribution in [3.63, 3.8) is 0 Å². The van der Waals surface area contributed by atoms with Gasteiger partial charge in [0, 0.05) is 7.11 Å². The molecule has 0 heterocycles. The Bertz CT molecular complexity index is 216. The van der Waals surface area contributed by atoms with E-state index in [4.69, 9.17) is 9.47 Å². The van der Waals surface area contributed by atoms with Crippen molar-refractivity contribution in [2.24, 2.45) is 0 Å². The van der Waals surface area contributed by atoms with Crippen LogP contribution in [0, 0.1) is 6.92 Å². The quantitative estimate of drug-likeness (QED) is 0.637. The Morgan fingerprint density at radius 2 is 1.75 bits per heavy atom. The third-order valence-electron chi connectivity index (χ3n) is 1.58. The standard InChI is InChI=1S/C10H14O2/c1-9-3-5-10(6-4-9)12-8-7-11-2/h3-6H,7-8H2,1-2H3. The first-order valence-corrected chi connectivity index (χ1v) is 4.01. The molecule has 2 heteroatoms. The summed E-state index contributed by atoms with van der Waals surface area (Å²) in [6.45, 7) is 3.30. The second-order valence-electron chi connectivity index (χ2n) is 2.65. The number of aryl methyl sites for hydroxylation is 1. The van der Waals surface area contributed by atoms with E-state index < -0.39 is 0 Å². The van der Waals surface area contributed by atoms with Crippen LogP contribution in [-0.4, -0.2) is 20.3 Å². The molecule has 0 amide bonds. The van der Waals surface area contributed by atoms with Gasteiger partial charge < -0.3 is 9.47 Å². The van der Waals surface area contributed by atoms with E-state index >= 15 is 0 Å². The van der Waals surface area contributed by atoms with Gasteiger partial charge in [-0.3, -0.25) is 0 Å². The van der Waals surface area contributed by atoms with E-state index in [9.17, 15) is 0 Å². The third-order valence-corrected chi connectivity index (χ3v) is 1.58. The maximum atomic E-state index is 5.38. The van der Waals surface area contributed by atoms with E-state index in [2.05, 4.69) is 6.92 Å². The molecule has 0 saturated heterocycles. The normalized spacial score (nSPS) is 9.83. The first-order valence-electron chi connectivity index (χ1n) is 4.01. The zero-order valence-corrected chi connectivity index (χ0v) is 7.54. The Hall–Kier alpha value is -1.02. The first-order chi connectivity index (χ1) is 5.83. The average Bonchev–Trinajstić information content (AvgIpc) is 2.09. The molecule has 12 heavy (non-hydrogen) atoms. The topological polar surface area (TPSA) is 18.5 Å². The van der Waals surface area contributed by atoms with Crippen molar-refractivity contribution in [2.75, 3.05) is 20.3 Å². The Morgan fingerprint density at radius 3 is 2.33 bits per heavy atom. The van der Waals surface area contributed by atoms with E-state index in [1.807, 2.05) is 24.3 Å². The van der Waals surface area contributed by atoms with Crippen LogP contribution >= 0.6 is 0 Å². The molecule has 0 N–H and O–H groups in total. The maximum absolute atomic E-state index is 5.38. The fraction of sp³-hybridized carbons (Fsp3) is 0.400. The Morgan fingerprint density at radius 1 is 1.08 bits per heavy atom. The summed E-state index contributed by atoms with van der Waals surface area (Å²) >= 11 is 0. The molecule has 0 bridgehead atoms. The van der Waals surface area contributed by atoms with Crippen molar-refractivity contribution in [1.82, 2.24) is 0 Å². The van der Waals surface area contributed by atoms with Gasteiger partial charge in [0.2, 0.25) is 0 Å². The minimum atomic E-state index is 0.611. The van der Waals surface area contributed by atoms with Gasteiger partial charge in [0.1, 0.15) is 12.4 Å². The number of benzene rings is 1. The summed E-state index contributed by atoms with van der Waals surface area (Å²) in [7, 11) is 1.67. The molecule has 0 saturated carbocycles. The van der Waals surface area contributed by atoms with Crippen LogP contribution in [0.2, 0.25) is 0 Å². The average molecular weight is 166 g/mol. The first kappa shape index (κ1) is 9.07. The van der Waals surface area contributed by atoms with Crippen LogP contribution in [0.1, 0.15) is 5.56 Å². The summed E-state index contributed by atoms with van der Waals surface area (Å²) in [6, 6.07) is 7.99. The SMILES string of the molecule is COCCOc1ccc(C)cc1. The highest BCUT2D eigenvalue weighted by Gasteiger charge is 1.91. The van der Waals surface area contributed by atoms with E-state index in [0.29, 0.717) is 13.2 Å². The molecule has 1 aromatic carbocycles. The monoisotopic (exact) mass is 166 g/mol. The van der Waals surface area contributed by atoms with Gasteiger partial charge in [-0.05, 0) is 19.1 Å². The fourth-order valence-corrected chi connectivity index (χ4v) is 0.877. The molecule has 1 aromatic rings. The highest BCUT2D eigenvalue weighted by Crippen LogP contribution is 2.10. The molecule has 0 spiro atoms. The molecule has 0 aromatic heterocycles. The molecular formula is C10H14O2. The van der Waals surface area contributed by atoms with E-state index in [1.54, 1.807) is 7.11 Å². The minimum absolute atomic E-state index is 0.611. The van der Waals surface area contributed by atoms with Crippen LogP contribution in [0.4, 0.5) is 0 Å². The Labute approximate surface area is 73.1 Å². The number of hydrogen-bond donors (Lipinski definition) is 0. The van der Waals surface area contributed by atoms with Crippen LogP contribution in [0.3, 0.4) is 0 Å². The number of rotatable bonds is 4. The lowest BCUT2D eigenvalue weighted by atomic mass is 10.2. The van der Waals surface area contributed by atoms with Gasteiger partial charge in [-0.15, -0.1) is 0 Å². The smallest absolute Gasteiger partial charge is 0.119 e. The van der Waals surface area contributed by atoms with Crippen LogP contribution in [0.5, 0.6) is 5.75 Å². The number of hydrogen-bond acceptors (Lipinski definition) is 2. The molecule has 0 aliphatic rings. The summed E-state index contributed by atoms with van der Waals surface area (Å²) in [4.78, 5) is 0. The molecule has 0 unspecified atom stereocenters. The van der Waals surface area contributed by atoms with E-state index in [0.717, 1.165) is 5.75 Å². The molecule has 0 atom stereocenters. The lowest BCUT2D eigenvalue weighted by molar-refractivity contribution is 0.146. The molecule has 0 aliphatic heterocycles. The van der Waals surface area contributed by atoms with Gasteiger partial charge in [0.25, 0.3) is 0 Å². The van der Waals surface area contributed by atoms with Crippen molar-refractivity contribution in [2.45, 2.75) is 6.92 Å². The molecule has 1 rings (SSSR count). The van der Waals surface area contributed by atoms with Crippen LogP contribution in [0.25, 0.3) is 0 Å². The summed E-state index contributed by atoms with van der Waals surface area (Å²) in [5.41, 5.74) is 1.24. The van der Waals surface area contributed by atoms with Crippen molar-refractivity contribution < 1.29 is 9.47 Å². The zero-order chi connectivity index (χ0) is 8.81. The zero-order valence-electron chi connectivity index (χ0n) is 7.54. The second kappa shape index (κ2) is 4.78. The van der Waals surface area contributed by atoms with Gasteiger partial charge in [-0.1, -0.05) is 17.7 Å². The van der Waals surface area contributed by atoms with E-state index in [1.165, 1.54) is 5.56 Å². The predicted octanol–water partition coefficient (Wildman–Crippen LogP) is 2.02. The molecule has 2 nitrogen and oxygen atoms in total. The van der Waals surface area contributed by atoms with Gasteiger partial charge >= 0.3 is 0 Å². The van der Waals surface area contributed by atoms with Gasteiger partial charge in [0.05, 0.1) is 6.61 Å². The Kier molecular flexibility index (Phi) is 3.61. The summed E-state index contributed by atoms with van der Waals surface area (Å²) in [5, 5.41) is 0. The largest absolute Gasteiger partial charge is 0.491 e. The van der Waals surface area contributed by atoms with Gasteiger partial charge in [0.15, 0.2) is 0 Å². The third kappa shape index (κ3) is 2.93. The van der Waals surface area contributed by atoms with Crippen LogP contribution < -0.4 is 4.74 Å². The highest BCUT2D eigenvalue weighted by atomic mass is 16.5. The van der Waals surface area contributed by atoms with Crippen molar-refractivity contribution >= 4 is 0 Å². The van der Waals surface area contributed by atoms with E-state index in [-0.39, 0.29) is 0 Å². The van der Waals surface area contributed by atoms with Crippen LogP contribution in [0.15, 0.2) is 24.3 Å². The minimum Gasteiger partial charge on any atom is -0.491 e. The summed E-state index contributed by atoms with van der Waals surface area (Å²) < 4.78 is 10.2. The number of ether oxygens (including phenoxy) is 2. The van der Waals surface area contributed by atoms with Gasteiger partial charge in [-0.2, -0.15) is 0 Å².